The molecule has 2 N–H and O–H groups in total. The Morgan fingerprint density at radius 3 is 2.69 bits per heavy atom. The van der Waals surface area contributed by atoms with E-state index in [1.165, 1.54) is 7.11 Å². The molecule has 1 saturated carbocycles. The van der Waals surface area contributed by atoms with Crippen molar-refractivity contribution in [1.82, 2.24) is 15.5 Å². The van der Waals surface area contributed by atoms with Crippen LogP contribution in [0, 0.1) is 5.92 Å². The molecule has 9 heteroatoms. The number of benzene rings is 2. The highest BCUT2D eigenvalue weighted by atomic mass is 16.5. The van der Waals surface area contributed by atoms with Crippen molar-refractivity contribution in [2.45, 2.75) is 63.7 Å². The molecule has 2 aromatic carbocycles. The first-order chi connectivity index (χ1) is 19.0. The van der Waals surface area contributed by atoms with Crippen LogP contribution in [-0.4, -0.2) is 61.5 Å². The zero-order valence-electron chi connectivity index (χ0n) is 22.4. The second-order valence-electron chi connectivity index (χ2n) is 10.6. The molecule has 0 spiro atoms. The highest BCUT2D eigenvalue weighted by molar-refractivity contribution is 5.95. The number of nitrogens with zero attached hydrogens (tertiary/aromatic N) is 1. The van der Waals surface area contributed by atoms with Crippen molar-refractivity contribution in [3.05, 3.63) is 53.6 Å². The summed E-state index contributed by atoms with van der Waals surface area (Å²) in [6, 6.07) is 12.3. The fourth-order valence-electron chi connectivity index (χ4n) is 5.65. The predicted molar refractivity (Wildman–Crippen MR) is 145 cm³/mol. The number of rotatable bonds is 2. The minimum absolute atomic E-state index is 0.100. The summed E-state index contributed by atoms with van der Waals surface area (Å²) in [5, 5.41) is 6.00. The third-order valence-corrected chi connectivity index (χ3v) is 7.75. The molecule has 0 aromatic heterocycles. The molecule has 9 nitrogen and oxygen atoms in total. The van der Waals surface area contributed by atoms with E-state index < -0.39 is 0 Å². The first kappa shape index (κ1) is 27.0. The molecule has 0 radical (unpaired) electrons. The molecule has 4 bridgehead atoms. The lowest BCUT2D eigenvalue weighted by atomic mass is 9.98. The quantitative estimate of drug-likeness (QED) is 0.606. The first-order valence-electron chi connectivity index (χ1n) is 13.9. The molecule has 5 rings (SSSR count). The lowest BCUT2D eigenvalue weighted by molar-refractivity contribution is -0.141. The first-order valence-corrected chi connectivity index (χ1v) is 13.9. The fraction of sp³-hybridized carbons (Fsp3) is 0.500. The number of hydrogen-bond acceptors (Lipinski definition) is 6. The Bertz CT molecular complexity index is 1190. The van der Waals surface area contributed by atoms with Gasteiger partial charge in [-0.3, -0.25) is 14.4 Å². The lowest BCUT2D eigenvalue weighted by Gasteiger charge is -2.39. The number of amides is 3. The minimum atomic E-state index is -0.295. The van der Waals surface area contributed by atoms with Gasteiger partial charge in [0.05, 0.1) is 25.9 Å². The largest absolute Gasteiger partial charge is 0.497 e. The number of hydrogen-bond donors (Lipinski definition) is 2. The van der Waals surface area contributed by atoms with E-state index in [9.17, 15) is 14.4 Å². The highest BCUT2D eigenvalue weighted by Crippen LogP contribution is 2.30. The van der Waals surface area contributed by atoms with E-state index in [1.54, 1.807) is 18.2 Å². The zero-order valence-corrected chi connectivity index (χ0v) is 22.4. The summed E-state index contributed by atoms with van der Waals surface area (Å²) in [7, 11) is 1.54. The number of fused-ring (bicyclic) bond motifs is 5. The molecule has 3 amide bonds. The molecule has 2 aliphatic heterocycles. The monoisotopic (exact) mass is 535 g/mol. The summed E-state index contributed by atoms with van der Waals surface area (Å²) in [4.78, 5) is 40.7. The number of likely N-dealkylation sites (tertiary alicyclic amines) is 1. The number of ether oxygens (including phenoxy) is 3. The maximum absolute atomic E-state index is 13.1. The van der Waals surface area contributed by atoms with Crippen LogP contribution in [0.1, 0.15) is 60.9 Å². The van der Waals surface area contributed by atoms with Gasteiger partial charge in [0.1, 0.15) is 17.2 Å². The standard InChI is InChI=1S/C30H37N3O6/c1-37-24-15-22-16-25(17-24)39-23-9-4-6-20(14-23)19-38-27-11-13-33(30(36)21-7-2-3-8-21)18-26(27)32-28(34)10-5-12-31-29(22)35/h4,6,9,14-17,21,26-27H,2-3,5,7-8,10-13,18-19H2,1H3,(H,31,35)(H,32,34)/t26-,27-/m0/s1. The van der Waals surface area contributed by atoms with Gasteiger partial charge in [-0.25, -0.2) is 0 Å². The third-order valence-electron chi connectivity index (χ3n) is 7.75. The average Bonchev–Trinajstić information content (AvgIpc) is 3.49. The van der Waals surface area contributed by atoms with Crippen molar-refractivity contribution in [3.8, 4) is 17.2 Å². The van der Waals surface area contributed by atoms with Gasteiger partial charge in [0.25, 0.3) is 5.91 Å². The summed E-state index contributed by atoms with van der Waals surface area (Å²) < 4.78 is 17.8. The van der Waals surface area contributed by atoms with Crippen LogP contribution in [0.5, 0.6) is 17.2 Å². The minimum Gasteiger partial charge on any atom is -0.497 e. The molecule has 2 fully saturated rings. The van der Waals surface area contributed by atoms with Crippen LogP contribution in [0.25, 0.3) is 0 Å². The van der Waals surface area contributed by atoms with Crippen molar-refractivity contribution in [1.29, 1.82) is 0 Å². The van der Waals surface area contributed by atoms with Gasteiger partial charge in [0.15, 0.2) is 0 Å². The highest BCUT2D eigenvalue weighted by Gasteiger charge is 2.36. The summed E-state index contributed by atoms with van der Waals surface area (Å²) in [6.07, 6.45) is 5.29. The third kappa shape index (κ3) is 6.89. The topological polar surface area (TPSA) is 106 Å². The number of nitrogens with one attached hydrogen (secondary N) is 2. The number of carbonyl (C=O) groups is 3. The smallest absolute Gasteiger partial charge is 0.251 e. The van der Waals surface area contributed by atoms with Crippen molar-refractivity contribution in [3.63, 3.8) is 0 Å². The van der Waals surface area contributed by atoms with E-state index in [1.807, 2.05) is 29.2 Å². The molecule has 1 saturated heterocycles. The van der Waals surface area contributed by atoms with Crippen molar-refractivity contribution < 1.29 is 28.6 Å². The van der Waals surface area contributed by atoms with Crippen molar-refractivity contribution in [2.75, 3.05) is 26.7 Å². The van der Waals surface area contributed by atoms with Crippen molar-refractivity contribution >= 4 is 17.7 Å². The van der Waals surface area contributed by atoms with Crippen LogP contribution < -0.4 is 20.1 Å². The van der Waals surface area contributed by atoms with Crippen LogP contribution in [0.15, 0.2) is 42.5 Å². The Labute approximate surface area is 229 Å². The molecule has 39 heavy (non-hydrogen) atoms. The number of carbonyl (C=O) groups excluding carboxylic acids is 3. The Hall–Kier alpha value is -3.59. The summed E-state index contributed by atoms with van der Waals surface area (Å²) in [5.74, 6) is 1.52. The van der Waals surface area contributed by atoms with Crippen LogP contribution in [0.3, 0.4) is 0 Å². The predicted octanol–water partition coefficient (Wildman–Crippen LogP) is 3.80. The Kier molecular flexibility index (Phi) is 8.66. The molecule has 208 valence electrons. The Morgan fingerprint density at radius 1 is 1.03 bits per heavy atom. The van der Waals surface area contributed by atoms with Gasteiger partial charge in [-0.05, 0) is 55.5 Å². The maximum Gasteiger partial charge on any atom is 0.251 e. The second kappa shape index (κ2) is 12.5. The molecule has 3 aliphatic rings. The van der Waals surface area contributed by atoms with Crippen LogP contribution in [-0.2, 0) is 20.9 Å². The zero-order chi connectivity index (χ0) is 27.2. The van der Waals surface area contributed by atoms with Crippen LogP contribution in [0.2, 0.25) is 0 Å². The second-order valence-corrected chi connectivity index (χ2v) is 10.6. The molecule has 0 unspecified atom stereocenters. The Balaban J connectivity index is 1.35. The summed E-state index contributed by atoms with van der Waals surface area (Å²) in [6.45, 7) is 1.76. The van der Waals surface area contributed by atoms with E-state index in [-0.39, 0.29) is 42.2 Å². The van der Waals surface area contributed by atoms with E-state index >= 15 is 0 Å². The van der Waals surface area contributed by atoms with E-state index in [0.29, 0.717) is 61.9 Å². The van der Waals surface area contributed by atoms with Gasteiger partial charge in [0, 0.05) is 43.6 Å². The van der Waals surface area contributed by atoms with Gasteiger partial charge >= 0.3 is 0 Å². The molecule has 1 aliphatic carbocycles. The molecule has 2 aromatic rings. The van der Waals surface area contributed by atoms with Crippen molar-refractivity contribution in [2.24, 2.45) is 5.92 Å². The normalized spacial score (nSPS) is 22.9. The average molecular weight is 536 g/mol. The fourth-order valence-corrected chi connectivity index (χ4v) is 5.65. The van der Waals surface area contributed by atoms with Gasteiger partial charge < -0.3 is 29.7 Å². The molecular formula is C30H37N3O6. The molecular weight excluding hydrogens is 498 g/mol. The van der Waals surface area contributed by atoms with E-state index in [2.05, 4.69) is 10.6 Å². The number of piperidine rings is 1. The van der Waals surface area contributed by atoms with E-state index in [0.717, 1.165) is 31.2 Å². The van der Waals surface area contributed by atoms with Gasteiger partial charge in [-0.2, -0.15) is 0 Å². The van der Waals surface area contributed by atoms with Gasteiger partial charge in [0.2, 0.25) is 11.8 Å². The Morgan fingerprint density at radius 2 is 1.87 bits per heavy atom. The maximum atomic E-state index is 13.1. The molecule has 2 heterocycles. The number of methoxy groups -OCH3 is 1. The van der Waals surface area contributed by atoms with Crippen LogP contribution in [0.4, 0.5) is 0 Å². The summed E-state index contributed by atoms with van der Waals surface area (Å²) >= 11 is 0. The molecule has 2 atom stereocenters. The SMILES string of the molecule is COc1cc2cc(c1)C(=O)NCCCC(=O)N[C@H]1CN(C(=O)C3CCCC3)CC[C@@H]1OCc1cccc(c1)O2. The lowest BCUT2D eigenvalue weighted by Crippen LogP contribution is -2.57. The van der Waals surface area contributed by atoms with Crippen LogP contribution >= 0.6 is 0 Å². The van der Waals surface area contributed by atoms with Gasteiger partial charge in [-0.15, -0.1) is 0 Å². The van der Waals surface area contributed by atoms with E-state index in [4.69, 9.17) is 14.2 Å². The summed E-state index contributed by atoms with van der Waals surface area (Å²) in [5.41, 5.74) is 1.33. The van der Waals surface area contributed by atoms with Gasteiger partial charge in [-0.1, -0.05) is 25.0 Å².